The molecule has 2 nitrogen and oxygen atoms in total. The van der Waals surface area contributed by atoms with E-state index in [0.29, 0.717) is 5.75 Å². The number of carbonyl (C=O) groups excluding carboxylic acids is 1. The Bertz CT molecular complexity index is 778. The zero-order valence-electron chi connectivity index (χ0n) is 17.1. The van der Waals surface area contributed by atoms with Crippen LogP contribution in [0.2, 0.25) is 0 Å². The van der Waals surface area contributed by atoms with Gasteiger partial charge in [-0.3, -0.25) is 4.79 Å². The molecule has 0 heterocycles. The van der Waals surface area contributed by atoms with Crippen molar-refractivity contribution in [2.24, 2.45) is 0 Å². The topological polar surface area (TPSA) is 26.3 Å². The minimum atomic E-state index is -0.288. The van der Waals surface area contributed by atoms with Crippen LogP contribution in [0.5, 0.6) is 5.75 Å². The third-order valence-electron chi connectivity index (χ3n) is 4.43. The molecule has 0 aromatic heterocycles. The van der Waals surface area contributed by atoms with Crippen molar-refractivity contribution < 1.29 is 9.53 Å². The predicted octanol–water partition coefficient (Wildman–Crippen LogP) is 6.52. The van der Waals surface area contributed by atoms with Gasteiger partial charge in [-0.25, -0.2) is 0 Å². The Morgan fingerprint density at radius 1 is 0.885 bits per heavy atom. The van der Waals surface area contributed by atoms with E-state index in [2.05, 4.69) is 84.5 Å². The molecule has 0 aliphatic rings. The molecule has 0 bridgehead atoms. The van der Waals surface area contributed by atoms with Crippen LogP contribution in [0.3, 0.4) is 0 Å². The van der Waals surface area contributed by atoms with Crippen LogP contribution in [0.25, 0.3) is 17.2 Å². The van der Waals surface area contributed by atoms with Gasteiger partial charge in [-0.2, -0.15) is 0 Å². The van der Waals surface area contributed by atoms with Gasteiger partial charge in [-0.05, 0) is 39.7 Å². The maximum Gasteiger partial charge on any atom is 0.308 e. The lowest BCUT2D eigenvalue weighted by Gasteiger charge is -2.30. The van der Waals surface area contributed by atoms with Gasteiger partial charge >= 0.3 is 5.97 Å². The molecule has 2 aromatic rings. The Balaban J connectivity index is 2.78. The van der Waals surface area contributed by atoms with Crippen LogP contribution < -0.4 is 4.74 Å². The van der Waals surface area contributed by atoms with E-state index < -0.39 is 0 Å². The summed E-state index contributed by atoms with van der Waals surface area (Å²) in [6.07, 6.45) is 1.84. The quantitative estimate of drug-likeness (QED) is 0.465. The summed E-state index contributed by atoms with van der Waals surface area (Å²) >= 11 is 0. The molecule has 138 valence electrons. The second kappa shape index (κ2) is 7.11. The van der Waals surface area contributed by atoms with Crippen LogP contribution in [0.4, 0.5) is 0 Å². The van der Waals surface area contributed by atoms with Gasteiger partial charge in [0, 0.05) is 18.1 Å². The van der Waals surface area contributed by atoms with Gasteiger partial charge in [0.2, 0.25) is 0 Å². The Hall–Kier alpha value is -2.35. The van der Waals surface area contributed by atoms with Crippen LogP contribution in [0.1, 0.15) is 65.2 Å². The van der Waals surface area contributed by atoms with Gasteiger partial charge in [0.25, 0.3) is 0 Å². The Morgan fingerprint density at radius 2 is 1.35 bits per heavy atom. The Labute approximate surface area is 157 Å². The molecule has 0 aliphatic carbocycles. The van der Waals surface area contributed by atoms with Crippen LogP contribution in [0.15, 0.2) is 43.0 Å². The van der Waals surface area contributed by atoms with E-state index in [1.165, 1.54) is 6.92 Å². The standard InChI is InChI=1S/C24H30O2/c1-9-17-10-12-18(13-11-17)19-14-20(23(3,4)5)22(26-16(2)25)21(15-19)24(6,7)8/h9-15H,1H2,2-8H3. The van der Waals surface area contributed by atoms with Gasteiger partial charge in [0.15, 0.2) is 0 Å². The number of esters is 1. The molecule has 0 fully saturated rings. The summed E-state index contributed by atoms with van der Waals surface area (Å²) < 4.78 is 5.70. The molecule has 2 aromatic carbocycles. The molecular formula is C24H30O2. The minimum Gasteiger partial charge on any atom is -0.426 e. The molecule has 0 saturated carbocycles. The molecule has 0 saturated heterocycles. The third kappa shape index (κ3) is 4.43. The van der Waals surface area contributed by atoms with Crippen molar-refractivity contribution in [1.29, 1.82) is 0 Å². The number of hydrogen-bond donors (Lipinski definition) is 0. The maximum absolute atomic E-state index is 11.8. The fourth-order valence-corrected chi connectivity index (χ4v) is 2.98. The van der Waals surface area contributed by atoms with E-state index in [0.717, 1.165) is 27.8 Å². The first-order valence-corrected chi connectivity index (χ1v) is 9.04. The number of ether oxygens (including phenoxy) is 1. The second-order valence-electron chi connectivity index (χ2n) is 8.82. The van der Waals surface area contributed by atoms with Gasteiger partial charge in [0.1, 0.15) is 5.75 Å². The van der Waals surface area contributed by atoms with Gasteiger partial charge in [0.05, 0.1) is 0 Å². The number of carbonyl (C=O) groups is 1. The highest BCUT2D eigenvalue weighted by Crippen LogP contribution is 2.42. The minimum absolute atomic E-state index is 0.151. The van der Waals surface area contributed by atoms with Crippen molar-refractivity contribution in [1.82, 2.24) is 0 Å². The molecule has 2 rings (SSSR count). The summed E-state index contributed by atoms with van der Waals surface area (Å²) in [4.78, 5) is 11.8. The number of benzene rings is 2. The van der Waals surface area contributed by atoms with E-state index in [9.17, 15) is 4.79 Å². The van der Waals surface area contributed by atoms with E-state index in [4.69, 9.17) is 4.74 Å². The summed E-state index contributed by atoms with van der Waals surface area (Å²) in [5.74, 6) is 0.410. The first-order valence-electron chi connectivity index (χ1n) is 9.04. The van der Waals surface area contributed by atoms with Gasteiger partial charge in [-0.1, -0.05) is 78.5 Å². The summed E-state index contributed by atoms with van der Waals surface area (Å²) in [5.41, 5.74) is 5.15. The lowest BCUT2D eigenvalue weighted by Crippen LogP contribution is -2.21. The molecule has 0 aliphatic heterocycles. The highest BCUT2D eigenvalue weighted by molar-refractivity contribution is 5.75. The van der Waals surface area contributed by atoms with Crippen molar-refractivity contribution in [3.63, 3.8) is 0 Å². The highest BCUT2D eigenvalue weighted by atomic mass is 16.5. The number of rotatable bonds is 3. The monoisotopic (exact) mass is 350 g/mol. The van der Waals surface area contributed by atoms with Crippen LogP contribution in [-0.2, 0) is 15.6 Å². The fourth-order valence-electron chi connectivity index (χ4n) is 2.98. The maximum atomic E-state index is 11.8. The Morgan fingerprint density at radius 3 is 1.69 bits per heavy atom. The van der Waals surface area contributed by atoms with Gasteiger partial charge in [-0.15, -0.1) is 0 Å². The molecule has 0 amide bonds. The third-order valence-corrected chi connectivity index (χ3v) is 4.43. The second-order valence-corrected chi connectivity index (χ2v) is 8.82. The SMILES string of the molecule is C=Cc1ccc(-c2cc(C(C)(C)C)c(OC(C)=O)c(C(C)(C)C)c2)cc1. The average molecular weight is 351 g/mol. The zero-order valence-corrected chi connectivity index (χ0v) is 17.1. The molecule has 0 radical (unpaired) electrons. The highest BCUT2D eigenvalue weighted by Gasteiger charge is 2.29. The molecular weight excluding hydrogens is 320 g/mol. The lowest BCUT2D eigenvalue weighted by atomic mass is 9.77. The van der Waals surface area contributed by atoms with E-state index in [1.54, 1.807) is 0 Å². The summed E-state index contributed by atoms with van der Waals surface area (Å²) in [6.45, 7) is 18.1. The first-order chi connectivity index (χ1) is 11.9. The summed E-state index contributed by atoms with van der Waals surface area (Å²) in [6, 6.07) is 12.6. The normalized spacial score (nSPS) is 12.0. The number of hydrogen-bond acceptors (Lipinski definition) is 2. The van der Waals surface area contributed by atoms with Crippen molar-refractivity contribution >= 4 is 12.0 Å². The molecule has 2 heteroatoms. The van der Waals surface area contributed by atoms with Crippen LogP contribution in [-0.4, -0.2) is 5.97 Å². The van der Waals surface area contributed by atoms with Crippen molar-refractivity contribution in [2.45, 2.75) is 59.3 Å². The Kier molecular flexibility index (Phi) is 5.46. The first kappa shape index (κ1) is 20.0. The molecule has 0 N–H and O–H groups in total. The summed E-state index contributed by atoms with van der Waals surface area (Å²) in [5, 5.41) is 0. The lowest BCUT2D eigenvalue weighted by molar-refractivity contribution is -0.132. The largest absolute Gasteiger partial charge is 0.426 e. The van der Waals surface area contributed by atoms with E-state index >= 15 is 0 Å². The van der Waals surface area contributed by atoms with E-state index in [-0.39, 0.29) is 16.8 Å². The molecule has 0 atom stereocenters. The summed E-state index contributed by atoms with van der Waals surface area (Å²) in [7, 11) is 0. The fraction of sp³-hybridized carbons (Fsp3) is 0.375. The van der Waals surface area contributed by atoms with E-state index in [1.807, 2.05) is 6.08 Å². The van der Waals surface area contributed by atoms with Crippen molar-refractivity contribution in [3.8, 4) is 16.9 Å². The molecule has 26 heavy (non-hydrogen) atoms. The molecule has 0 spiro atoms. The average Bonchev–Trinajstić information content (AvgIpc) is 2.52. The van der Waals surface area contributed by atoms with Crippen molar-refractivity contribution in [3.05, 3.63) is 59.7 Å². The van der Waals surface area contributed by atoms with Gasteiger partial charge < -0.3 is 4.74 Å². The van der Waals surface area contributed by atoms with Crippen LogP contribution in [0, 0.1) is 0 Å². The van der Waals surface area contributed by atoms with Crippen molar-refractivity contribution in [2.75, 3.05) is 0 Å². The predicted molar refractivity (Wildman–Crippen MR) is 111 cm³/mol. The van der Waals surface area contributed by atoms with Crippen LogP contribution >= 0.6 is 0 Å². The zero-order chi connectivity index (χ0) is 19.7. The smallest absolute Gasteiger partial charge is 0.308 e. The molecule has 0 unspecified atom stereocenters.